The van der Waals surface area contributed by atoms with Crippen molar-refractivity contribution in [2.75, 3.05) is 4.90 Å². The van der Waals surface area contributed by atoms with Crippen molar-refractivity contribution >= 4 is 17.1 Å². The van der Waals surface area contributed by atoms with Crippen LogP contribution in [0.15, 0.2) is 237 Å². The highest BCUT2D eigenvalue weighted by molar-refractivity contribution is 5.94. The zero-order valence-corrected chi connectivity index (χ0v) is 41.0. The Hall–Kier alpha value is -8.00. The predicted molar refractivity (Wildman–Crippen MR) is 297 cm³/mol. The molecule has 2 aliphatic rings. The molecule has 1 unspecified atom stereocenters. The molecule has 2 aliphatic carbocycles. The maximum absolute atomic E-state index is 2.44. The third-order valence-corrected chi connectivity index (χ3v) is 15.6. The third kappa shape index (κ3) is 6.98. The quantitative estimate of drug-likeness (QED) is 0.147. The van der Waals surface area contributed by atoms with Gasteiger partial charge in [0.25, 0.3) is 0 Å². The largest absolute Gasteiger partial charge is 0.310 e. The summed E-state index contributed by atoms with van der Waals surface area (Å²) in [5.41, 5.74) is 26.2. The minimum Gasteiger partial charge on any atom is -0.310 e. The molecule has 0 bridgehead atoms. The van der Waals surface area contributed by atoms with Gasteiger partial charge in [-0.05, 0) is 143 Å². The molecule has 70 heavy (non-hydrogen) atoms. The van der Waals surface area contributed by atoms with Crippen LogP contribution < -0.4 is 4.90 Å². The molecule has 0 saturated carbocycles. The molecule has 0 aromatic heterocycles. The number of fused-ring (bicyclic) bond motifs is 6. The van der Waals surface area contributed by atoms with E-state index in [4.69, 9.17) is 0 Å². The summed E-state index contributed by atoms with van der Waals surface area (Å²) in [7, 11) is 0. The van der Waals surface area contributed by atoms with Gasteiger partial charge in [-0.15, -0.1) is 0 Å². The van der Waals surface area contributed by atoms with E-state index in [0.29, 0.717) is 0 Å². The van der Waals surface area contributed by atoms with E-state index >= 15 is 0 Å². The van der Waals surface area contributed by atoms with Gasteiger partial charge in [0.15, 0.2) is 0 Å². The summed E-state index contributed by atoms with van der Waals surface area (Å²) in [6.45, 7) is 14.0. The van der Waals surface area contributed by atoms with Crippen LogP contribution in [0.4, 0.5) is 17.1 Å². The van der Waals surface area contributed by atoms with Crippen molar-refractivity contribution < 1.29 is 0 Å². The van der Waals surface area contributed by atoms with Crippen molar-refractivity contribution in [3.05, 3.63) is 270 Å². The number of para-hydroxylation sites is 1. The lowest BCUT2D eigenvalue weighted by atomic mass is 9.74. The van der Waals surface area contributed by atoms with E-state index in [1.54, 1.807) is 0 Å². The van der Waals surface area contributed by atoms with Gasteiger partial charge in [0.1, 0.15) is 0 Å². The Morgan fingerprint density at radius 1 is 0.329 bits per heavy atom. The summed E-state index contributed by atoms with van der Waals surface area (Å²) in [5, 5.41) is 0. The maximum Gasteiger partial charge on any atom is 0.0540 e. The van der Waals surface area contributed by atoms with Crippen LogP contribution in [0, 0.1) is 0 Å². The van der Waals surface area contributed by atoms with Crippen LogP contribution in [-0.2, 0) is 16.2 Å². The highest BCUT2D eigenvalue weighted by Gasteiger charge is 2.41. The van der Waals surface area contributed by atoms with Crippen molar-refractivity contribution in [1.82, 2.24) is 0 Å². The summed E-state index contributed by atoms with van der Waals surface area (Å²) >= 11 is 0. The van der Waals surface area contributed by atoms with Crippen LogP contribution in [0.25, 0.3) is 66.8 Å². The first-order chi connectivity index (χ1) is 34.0. The predicted octanol–water partition coefficient (Wildman–Crippen LogP) is 18.8. The fourth-order valence-electron chi connectivity index (χ4n) is 11.9. The molecule has 12 rings (SSSR count). The summed E-state index contributed by atoms with van der Waals surface area (Å²) < 4.78 is 0. The van der Waals surface area contributed by atoms with Gasteiger partial charge < -0.3 is 4.90 Å². The molecule has 0 fully saturated rings. The minimum atomic E-state index is -0.259. The highest BCUT2D eigenvalue weighted by atomic mass is 15.1. The molecular weight excluding hydrogens is 843 g/mol. The van der Waals surface area contributed by atoms with E-state index < -0.39 is 0 Å². The summed E-state index contributed by atoms with van der Waals surface area (Å²) in [5.74, 6) is 0. The van der Waals surface area contributed by atoms with Crippen LogP contribution in [0.3, 0.4) is 0 Å². The third-order valence-electron chi connectivity index (χ3n) is 15.6. The van der Waals surface area contributed by atoms with Gasteiger partial charge in [-0.2, -0.15) is 0 Å². The van der Waals surface area contributed by atoms with Crippen molar-refractivity contribution in [3.63, 3.8) is 0 Å². The first kappa shape index (κ1) is 43.3. The van der Waals surface area contributed by atoms with Crippen LogP contribution in [0.5, 0.6) is 0 Å². The normalized spacial score (nSPS) is 15.2. The molecule has 0 radical (unpaired) electrons. The van der Waals surface area contributed by atoms with Crippen molar-refractivity contribution in [2.24, 2.45) is 0 Å². The minimum absolute atomic E-state index is 0.0664. The number of rotatable bonds is 8. The number of hydrogen-bond donors (Lipinski definition) is 0. The van der Waals surface area contributed by atoms with E-state index in [9.17, 15) is 0 Å². The molecule has 0 spiro atoms. The van der Waals surface area contributed by atoms with Crippen molar-refractivity contribution in [3.8, 4) is 66.8 Å². The van der Waals surface area contributed by atoms with Crippen LogP contribution in [0.1, 0.15) is 74.9 Å². The van der Waals surface area contributed by atoms with Crippen LogP contribution >= 0.6 is 0 Å². The monoisotopic (exact) mass is 899 g/mol. The molecule has 10 aromatic rings. The van der Waals surface area contributed by atoms with Crippen molar-refractivity contribution in [1.29, 1.82) is 0 Å². The van der Waals surface area contributed by atoms with Crippen LogP contribution in [-0.4, -0.2) is 0 Å². The van der Waals surface area contributed by atoms with Gasteiger partial charge in [0.2, 0.25) is 0 Å². The Morgan fingerprint density at radius 3 is 1.44 bits per heavy atom. The Kier molecular flexibility index (Phi) is 10.3. The van der Waals surface area contributed by atoms with E-state index in [1.165, 1.54) is 100 Å². The second-order valence-electron chi connectivity index (χ2n) is 21.0. The van der Waals surface area contributed by atoms with Crippen LogP contribution in [0.2, 0.25) is 0 Å². The van der Waals surface area contributed by atoms with Gasteiger partial charge in [-0.3, -0.25) is 0 Å². The fourth-order valence-corrected chi connectivity index (χ4v) is 11.9. The number of anilines is 3. The summed E-state index contributed by atoms with van der Waals surface area (Å²) in [4.78, 5) is 2.43. The molecule has 0 aliphatic heterocycles. The highest BCUT2D eigenvalue weighted by Crippen LogP contribution is 2.55. The Bertz CT molecular complexity index is 3590. The average Bonchev–Trinajstić information content (AvgIpc) is 3.80. The van der Waals surface area contributed by atoms with E-state index in [0.717, 1.165) is 17.1 Å². The topological polar surface area (TPSA) is 3.24 Å². The maximum atomic E-state index is 2.44. The molecule has 0 heterocycles. The SMILES string of the molecule is CC(C)(C)c1ccc(-c2ccccc2N(c2ccc(-c3ccc4c(c3)C(C)(c3ccccc3)c3ccccc3-4)cc2)c2ccc(-c3ccccc3-c3cccc4c3C(C)(C)c3ccccc3-4)cc2)cc1. The number of hydrogen-bond acceptors (Lipinski definition) is 1. The molecule has 1 atom stereocenters. The first-order valence-electron chi connectivity index (χ1n) is 24.8. The van der Waals surface area contributed by atoms with Crippen molar-refractivity contribution in [2.45, 2.75) is 57.8 Å². The Morgan fingerprint density at radius 2 is 0.786 bits per heavy atom. The summed E-state index contributed by atoms with van der Waals surface area (Å²) in [6.07, 6.45) is 0. The van der Waals surface area contributed by atoms with Gasteiger partial charge in [-0.1, -0.05) is 235 Å². The zero-order chi connectivity index (χ0) is 47.8. The lowest BCUT2D eigenvalue weighted by molar-refractivity contribution is 0.590. The van der Waals surface area contributed by atoms with E-state index in [2.05, 4.69) is 283 Å². The standard InChI is InChI=1S/C69H57N/c1-67(2,3)50-38-31-48(32-39-50)55-22-14-17-30-65(55)70(52-40-33-46(34-41-52)49-37-44-59-57-24-13-16-29-63(57)69(6,64(59)45-49)51-19-8-7-9-20-51)53-42-35-47(36-43-53)54-21-10-11-23-56(54)60-26-18-27-61-58-25-12-15-28-62(58)68(4,5)66(60)61/h7-45H,1-6H3. The van der Waals surface area contributed by atoms with E-state index in [1.807, 2.05) is 0 Å². The molecule has 0 saturated heterocycles. The second kappa shape index (κ2) is 16.6. The van der Waals surface area contributed by atoms with Gasteiger partial charge >= 0.3 is 0 Å². The lowest BCUT2D eigenvalue weighted by Crippen LogP contribution is -2.22. The molecular formula is C69H57N. The number of benzene rings is 10. The number of nitrogens with zero attached hydrogens (tertiary/aromatic N) is 1. The Labute approximate surface area is 414 Å². The average molecular weight is 900 g/mol. The molecule has 0 amide bonds. The molecule has 1 nitrogen and oxygen atoms in total. The fraction of sp³-hybridized carbons (Fsp3) is 0.130. The molecule has 338 valence electrons. The second-order valence-corrected chi connectivity index (χ2v) is 21.0. The Balaban J connectivity index is 0.953. The molecule has 1 heteroatoms. The summed E-state index contributed by atoms with van der Waals surface area (Å²) in [6, 6.07) is 88.1. The molecule has 0 N–H and O–H groups in total. The smallest absolute Gasteiger partial charge is 0.0540 e. The molecule has 10 aromatic carbocycles. The van der Waals surface area contributed by atoms with Gasteiger partial charge in [0, 0.05) is 27.8 Å². The lowest BCUT2D eigenvalue weighted by Gasteiger charge is -2.29. The van der Waals surface area contributed by atoms with Gasteiger partial charge in [-0.25, -0.2) is 0 Å². The van der Waals surface area contributed by atoms with E-state index in [-0.39, 0.29) is 16.2 Å². The first-order valence-corrected chi connectivity index (χ1v) is 24.8. The van der Waals surface area contributed by atoms with Gasteiger partial charge in [0.05, 0.1) is 5.69 Å². The zero-order valence-electron chi connectivity index (χ0n) is 41.0.